The molecule has 0 fully saturated rings. The van der Waals surface area contributed by atoms with Crippen molar-refractivity contribution in [3.05, 3.63) is 53.6 Å². The van der Waals surface area contributed by atoms with Gasteiger partial charge in [-0.05, 0) is 42.7 Å². The molecular weight excluding hydrogens is 342 g/mol. The highest BCUT2D eigenvalue weighted by Crippen LogP contribution is 2.27. The maximum Gasteiger partial charge on any atom is 0.238 e. The summed E-state index contributed by atoms with van der Waals surface area (Å²) in [6, 6.07) is 13.5. The van der Waals surface area contributed by atoms with Crippen molar-refractivity contribution in [2.75, 3.05) is 24.3 Å². The second kappa shape index (κ2) is 9.73. The Bertz CT molecular complexity index is 788. The number of nitrogens with one attached hydrogen (secondary N) is 3. The summed E-state index contributed by atoms with van der Waals surface area (Å²) in [5, 5.41) is 8.73. The molecule has 0 spiro atoms. The van der Waals surface area contributed by atoms with E-state index in [9.17, 15) is 9.59 Å². The fourth-order valence-electron chi connectivity index (χ4n) is 2.69. The molecule has 2 amide bonds. The zero-order chi connectivity index (χ0) is 19.8. The number of anilines is 2. The maximum absolute atomic E-state index is 12.3. The summed E-state index contributed by atoms with van der Waals surface area (Å²) in [7, 11) is 1.53. The van der Waals surface area contributed by atoms with Gasteiger partial charge in [-0.15, -0.1) is 0 Å². The fourth-order valence-corrected chi connectivity index (χ4v) is 2.69. The van der Waals surface area contributed by atoms with Crippen molar-refractivity contribution in [3.63, 3.8) is 0 Å². The van der Waals surface area contributed by atoms with E-state index in [0.717, 1.165) is 12.0 Å². The molecule has 0 unspecified atom stereocenters. The lowest BCUT2D eigenvalue weighted by Gasteiger charge is -2.16. The van der Waals surface area contributed by atoms with Crippen LogP contribution in [0.4, 0.5) is 11.4 Å². The monoisotopic (exact) mass is 369 g/mol. The Morgan fingerprint density at radius 1 is 1.07 bits per heavy atom. The summed E-state index contributed by atoms with van der Waals surface area (Å²) < 4.78 is 5.28. The smallest absolute Gasteiger partial charge is 0.238 e. The zero-order valence-corrected chi connectivity index (χ0v) is 16.3. The molecule has 0 aliphatic heterocycles. The van der Waals surface area contributed by atoms with Gasteiger partial charge in [0.2, 0.25) is 11.8 Å². The van der Waals surface area contributed by atoms with E-state index in [2.05, 4.69) is 47.1 Å². The van der Waals surface area contributed by atoms with Gasteiger partial charge in [0.15, 0.2) is 0 Å². The van der Waals surface area contributed by atoms with E-state index in [0.29, 0.717) is 17.1 Å². The van der Waals surface area contributed by atoms with Gasteiger partial charge in [-0.1, -0.05) is 31.2 Å². The predicted molar refractivity (Wildman–Crippen MR) is 108 cm³/mol. The Hall–Kier alpha value is -2.86. The minimum absolute atomic E-state index is 0.0502. The van der Waals surface area contributed by atoms with Crippen LogP contribution in [0.25, 0.3) is 0 Å². The number of carbonyl (C=O) groups excluding carboxylic acids is 2. The molecule has 2 aromatic rings. The first-order chi connectivity index (χ1) is 12.9. The van der Waals surface area contributed by atoms with Crippen LogP contribution in [-0.4, -0.2) is 25.5 Å². The predicted octanol–water partition coefficient (Wildman–Crippen LogP) is 3.51. The maximum atomic E-state index is 12.3. The highest BCUT2D eigenvalue weighted by atomic mass is 16.5. The molecule has 0 heterocycles. The molecular formula is C21H27N3O3. The highest BCUT2D eigenvalue weighted by Gasteiger charge is 2.11. The van der Waals surface area contributed by atoms with Gasteiger partial charge in [0, 0.05) is 18.7 Å². The van der Waals surface area contributed by atoms with Gasteiger partial charge in [-0.3, -0.25) is 9.59 Å². The van der Waals surface area contributed by atoms with E-state index in [1.54, 1.807) is 18.2 Å². The number of amides is 2. The third-order valence-corrected chi connectivity index (χ3v) is 4.25. The van der Waals surface area contributed by atoms with E-state index in [-0.39, 0.29) is 24.4 Å². The van der Waals surface area contributed by atoms with Crippen LogP contribution in [0.15, 0.2) is 42.5 Å². The Labute approximate surface area is 160 Å². The number of ether oxygens (including phenoxy) is 1. The first kappa shape index (κ1) is 20.5. The van der Waals surface area contributed by atoms with Gasteiger partial charge in [-0.25, -0.2) is 0 Å². The average molecular weight is 369 g/mol. The quantitative estimate of drug-likeness (QED) is 0.665. The van der Waals surface area contributed by atoms with E-state index >= 15 is 0 Å². The molecule has 2 aromatic carbocycles. The molecule has 144 valence electrons. The summed E-state index contributed by atoms with van der Waals surface area (Å²) >= 11 is 0. The summed E-state index contributed by atoms with van der Waals surface area (Å²) in [6.45, 7) is 5.73. The Balaban J connectivity index is 1.96. The zero-order valence-electron chi connectivity index (χ0n) is 16.3. The highest BCUT2D eigenvalue weighted by molar-refractivity contribution is 5.95. The first-order valence-electron chi connectivity index (χ1n) is 9.00. The van der Waals surface area contributed by atoms with Crippen LogP contribution < -0.4 is 20.7 Å². The van der Waals surface area contributed by atoms with Gasteiger partial charge >= 0.3 is 0 Å². The van der Waals surface area contributed by atoms with Crippen LogP contribution in [-0.2, 0) is 16.0 Å². The lowest BCUT2D eigenvalue weighted by molar-refractivity contribution is -0.115. The van der Waals surface area contributed by atoms with Crippen molar-refractivity contribution in [2.24, 2.45) is 0 Å². The Morgan fingerprint density at radius 2 is 1.78 bits per heavy atom. The molecule has 0 bridgehead atoms. The minimum Gasteiger partial charge on any atom is -0.495 e. The summed E-state index contributed by atoms with van der Waals surface area (Å²) in [4.78, 5) is 23.5. The topological polar surface area (TPSA) is 79.5 Å². The van der Waals surface area contributed by atoms with Crippen molar-refractivity contribution in [1.82, 2.24) is 5.32 Å². The van der Waals surface area contributed by atoms with Crippen LogP contribution in [0, 0.1) is 0 Å². The van der Waals surface area contributed by atoms with Crippen molar-refractivity contribution in [1.29, 1.82) is 0 Å². The van der Waals surface area contributed by atoms with Crippen molar-refractivity contribution >= 4 is 23.2 Å². The number of benzene rings is 2. The summed E-state index contributed by atoms with van der Waals surface area (Å²) in [5.74, 6) is 0.160. The number of carbonyl (C=O) groups is 2. The van der Waals surface area contributed by atoms with Crippen LogP contribution in [0.2, 0.25) is 0 Å². The van der Waals surface area contributed by atoms with E-state index < -0.39 is 0 Å². The summed E-state index contributed by atoms with van der Waals surface area (Å²) in [6.07, 6.45) is 1.00. The molecule has 3 N–H and O–H groups in total. The lowest BCUT2D eigenvalue weighted by Crippen LogP contribution is -2.30. The molecule has 27 heavy (non-hydrogen) atoms. The van der Waals surface area contributed by atoms with Gasteiger partial charge in [0.05, 0.1) is 19.3 Å². The van der Waals surface area contributed by atoms with Crippen molar-refractivity contribution in [3.8, 4) is 5.75 Å². The van der Waals surface area contributed by atoms with E-state index in [1.807, 2.05) is 6.92 Å². The van der Waals surface area contributed by atoms with Gasteiger partial charge in [-0.2, -0.15) is 0 Å². The Morgan fingerprint density at radius 3 is 2.37 bits per heavy atom. The molecule has 0 aromatic heterocycles. The molecule has 0 saturated carbocycles. The van der Waals surface area contributed by atoms with Crippen LogP contribution in [0.1, 0.15) is 37.9 Å². The van der Waals surface area contributed by atoms with Gasteiger partial charge < -0.3 is 20.7 Å². The number of aryl methyl sites for hydroxylation is 1. The molecule has 0 aliphatic rings. The third kappa shape index (κ3) is 6.11. The van der Waals surface area contributed by atoms with Crippen LogP contribution >= 0.6 is 0 Å². The molecule has 1 atom stereocenters. The molecule has 2 rings (SSSR count). The van der Waals surface area contributed by atoms with Crippen molar-refractivity contribution in [2.45, 2.75) is 33.2 Å². The molecule has 0 saturated heterocycles. The molecule has 6 heteroatoms. The lowest BCUT2D eigenvalue weighted by atomic mass is 10.1. The molecule has 6 nitrogen and oxygen atoms in total. The third-order valence-electron chi connectivity index (χ3n) is 4.25. The normalized spacial score (nSPS) is 11.6. The number of hydrogen-bond donors (Lipinski definition) is 3. The fraction of sp³-hybridized carbons (Fsp3) is 0.333. The second-order valence-corrected chi connectivity index (χ2v) is 6.34. The van der Waals surface area contributed by atoms with Crippen LogP contribution in [0.5, 0.6) is 5.75 Å². The van der Waals surface area contributed by atoms with E-state index in [1.165, 1.54) is 19.6 Å². The van der Waals surface area contributed by atoms with Crippen LogP contribution in [0.3, 0.4) is 0 Å². The standard InChI is InChI=1S/C21H27N3O3/c1-5-16-6-8-17(9-7-16)14(2)22-13-21(26)24-19-12-18(23-15(3)25)10-11-20(19)27-4/h6-12,14,22H,5,13H2,1-4H3,(H,23,25)(H,24,26)/t14-/m1/s1. The van der Waals surface area contributed by atoms with Gasteiger partial charge in [0.25, 0.3) is 0 Å². The molecule has 0 radical (unpaired) electrons. The number of methoxy groups -OCH3 is 1. The average Bonchev–Trinajstić information content (AvgIpc) is 2.66. The largest absolute Gasteiger partial charge is 0.495 e. The minimum atomic E-state index is -0.190. The first-order valence-corrected chi connectivity index (χ1v) is 9.00. The second-order valence-electron chi connectivity index (χ2n) is 6.34. The van der Waals surface area contributed by atoms with E-state index in [4.69, 9.17) is 4.74 Å². The van der Waals surface area contributed by atoms with Crippen molar-refractivity contribution < 1.29 is 14.3 Å². The Kier molecular flexibility index (Phi) is 7.37. The number of rotatable bonds is 8. The summed E-state index contributed by atoms with van der Waals surface area (Å²) in [5.41, 5.74) is 3.52. The van der Waals surface area contributed by atoms with Gasteiger partial charge in [0.1, 0.15) is 5.75 Å². The number of hydrogen-bond acceptors (Lipinski definition) is 4. The SMILES string of the molecule is CCc1ccc([C@@H](C)NCC(=O)Nc2cc(NC(C)=O)ccc2OC)cc1. The molecule has 0 aliphatic carbocycles.